The molecular formula is C11H9ClO. The van der Waals surface area contributed by atoms with E-state index in [1.165, 1.54) is 0 Å². The standard InChI is InChI=1S/C11H9ClO/c12-11-6-5-8(7-13)9-3-1-2-4-10(9)11/h1-6,13H,7H2. The van der Waals surface area contributed by atoms with E-state index in [-0.39, 0.29) is 6.61 Å². The van der Waals surface area contributed by atoms with Gasteiger partial charge in [-0.25, -0.2) is 0 Å². The summed E-state index contributed by atoms with van der Waals surface area (Å²) in [6.45, 7) is 0.0533. The highest BCUT2D eigenvalue weighted by Gasteiger charge is 2.01. The van der Waals surface area contributed by atoms with E-state index in [4.69, 9.17) is 16.7 Å². The molecule has 1 N–H and O–H groups in total. The molecule has 0 atom stereocenters. The fourth-order valence-electron chi connectivity index (χ4n) is 1.46. The first kappa shape index (κ1) is 8.54. The highest BCUT2D eigenvalue weighted by atomic mass is 35.5. The number of aliphatic hydroxyl groups excluding tert-OH is 1. The van der Waals surface area contributed by atoms with Crippen molar-refractivity contribution in [3.63, 3.8) is 0 Å². The Morgan fingerprint density at radius 3 is 2.38 bits per heavy atom. The topological polar surface area (TPSA) is 20.2 Å². The lowest BCUT2D eigenvalue weighted by Crippen LogP contribution is -1.85. The molecule has 0 amide bonds. The van der Waals surface area contributed by atoms with Crippen LogP contribution >= 0.6 is 11.6 Å². The van der Waals surface area contributed by atoms with Crippen LogP contribution in [-0.2, 0) is 6.61 Å². The third-order valence-corrected chi connectivity index (χ3v) is 2.46. The van der Waals surface area contributed by atoms with Gasteiger partial charge >= 0.3 is 0 Å². The molecule has 0 aliphatic carbocycles. The maximum Gasteiger partial charge on any atom is 0.0687 e. The van der Waals surface area contributed by atoms with Gasteiger partial charge in [0.15, 0.2) is 0 Å². The van der Waals surface area contributed by atoms with Crippen LogP contribution in [0.2, 0.25) is 5.02 Å². The Morgan fingerprint density at radius 1 is 1.00 bits per heavy atom. The Hall–Kier alpha value is -1.05. The van der Waals surface area contributed by atoms with Gasteiger partial charge in [-0.05, 0) is 17.0 Å². The highest BCUT2D eigenvalue weighted by molar-refractivity contribution is 6.35. The Labute approximate surface area is 81.6 Å². The van der Waals surface area contributed by atoms with Crippen LogP contribution in [0.15, 0.2) is 36.4 Å². The quantitative estimate of drug-likeness (QED) is 0.737. The summed E-state index contributed by atoms with van der Waals surface area (Å²) in [5.41, 5.74) is 0.917. The second-order valence-corrected chi connectivity index (χ2v) is 3.32. The summed E-state index contributed by atoms with van der Waals surface area (Å²) in [6.07, 6.45) is 0. The molecule has 0 fully saturated rings. The summed E-state index contributed by atoms with van der Waals surface area (Å²) in [5.74, 6) is 0. The fraction of sp³-hybridized carbons (Fsp3) is 0.0909. The van der Waals surface area contributed by atoms with Crippen molar-refractivity contribution in [1.82, 2.24) is 0 Å². The summed E-state index contributed by atoms with van der Waals surface area (Å²) < 4.78 is 0. The van der Waals surface area contributed by atoms with E-state index in [1.807, 2.05) is 36.4 Å². The smallest absolute Gasteiger partial charge is 0.0687 e. The molecule has 0 unspecified atom stereocenters. The molecule has 0 spiro atoms. The second-order valence-electron chi connectivity index (χ2n) is 2.91. The first-order chi connectivity index (χ1) is 6.33. The minimum absolute atomic E-state index is 0.0533. The van der Waals surface area contributed by atoms with Crippen LogP contribution in [-0.4, -0.2) is 5.11 Å². The van der Waals surface area contributed by atoms with Gasteiger partial charge in [-0.2, -0.15) is 0 Å². The summed E-state index contributed by atoms with van der Waals surface area (Å²) in [4.78, 5) is 0. The molecule has 0 saturated heterocycles. The molecule has 0 bridgehead atoms. The molecule has 2 heteroatoms. The van der Waals surface area contributed by atoms with Gasteiger partial charge in [0.05, 0.1) is 6.61 Å². The third kappa shape index (κ3) is 1.41. The minimum atomic E-state index is 0.0533. The predicted molar refractivity (Wildman–Crippen MR) is 54.9 cm³/mol. The maximum atomic E-state index is 9.08. The second kappa shape index (κ2) is 3.36. The van der Waals surface area contributed by atoms with E-state index >= 15 is 0 Å². The molecule has 0 aromatic heterocycles. The molecule has 0 heterocycles. The summed E-state index contributed by atoms with van der Waals surface area (Å²) in [7, 11) is 0. The normalized spacial score (nSPS) is 10.6. The summed E-state index contributed by atoms with van der Waals surface area (Å²) in [6, 6.07) is 11.5. The number of hydrogen-bond donors (Lipinski definition) is 1. The first-order valence-electron chi connectivity index (χ1n) is 4.10. The molecule has 1 nitrogen and oxygen atoms in total. The Balaban J connectivity index is 2.84. The van der Waals surface area contributed by atoms with Gasteiger partial charge in [-0.15, -0.1) is 0 Å². The van der Waals surface area contributed by atoms with E-state index in [0.29, 0.717) is 0 Å². The lowest BCUT2D eigenvalue weighted by Gasteiger charge is -2.04. The van der Waals surface area contributed by atoms with Gasteiger partial charge in [0.25, 0.3) is 0 Å². The van der Waals surface area contributed by atoms with Crippen molar-refractivity contribution in [2.45, 2.75) is 6.61 Å². The SMILES string of the molecule is OCc1ccc(Cl)c2ccccc12. The fourth-order valence-corrected chi connectivity index (χ4v) is 1.69. The zero-order valence-electron chi connectivity index (χ0n) is 7.00. The third-order valence-electron chi connectivity index (χ3n) is 2.13. The number of hydrogen-bond acceptors (Lipinski definition) is 1. The van der Waals surface area contributed by atoms with Crippen LogP contribution in [0.5, 0.6) is 0 Å². The van der Waals surface area contributed by atoms with Crippen molar-refractivity contribution in [3.05, 3.63) is 47.0 Å². The van der Waals surface area contributed by atoms with Crippen molar-refractivity contribution in [1.29, 1.82) is 0 Å². The largest absolute Gasteiger partial charge is 0.392 e. The Morgan fingerprint density at radius 2 is 1.69 bits per heavy atom. The van der Waals surface area contributed by atoms with E-state index < -0.39 is 0 Å². The Kier molecular flexibility index (Phi) is 2.21. The van der Waals surface area contributed by atoms with Gasteiger partial charge in [0, 0.05) is 10.4 Å². The van der Waals surface area contributed by atoms with Gasteiger partial charge < -0.3 is 5.11 Å². The summed E-state index contributed by atoms with van der Waals surface area (Å²) >= 11 is 6.00. The number of benzene rings is 2. The lowest BCUT2D eigenvalue weighted by molar-refractivity contribution is 0.283. The number of halogens is 1. The van der Waals surface area contributed by atoms with Gasteiger partial charge in [-0.1, -0.05) is 41.9 Å². The van der Waals surface area contributed by atoms with Crippen LogP contribution in [0.25, 0.3) is 10.8 Å². The van der Waals surface area contributed by atoms with Crippen LogP contribution in [0.3, 0.4) is 0 Å². The highest BCUT2D eigenvalue weighted by Crippen LogP contribution is 2.26. The van der Waals surface area contributed by atoms with Gasteiger partial charge in [-0.3, -0.25) is 0 Å². The van der Waals surface area contributed by atoms with E-state index in [0.717, 1.165) is 21.4 Å². The molecule has 0 radical (unpaired) electrons. The van der Waals surface area contributed by atoms with E-state index in [1.54, 1.807) is 0 Å². The van der Waals surface area contributed by atoms with Crippen LogP contribution in [0, 0.1) is 0 Å². The van der Waals surface area contributed by atoms with Crippen LogP contribution < -0.4 is 0 Å². The van der Waals surface area contributed by atoms with E-state index in [2.05, 4.69) is 0 Å². The Bertz CT molecular complexity index is 437. The zero-order chi connectivity index (χ0) is 9.26. The molecule has 13 heavy (non-hydrogen) atoms. The monoisotopic (exact) mass is 192 g/mol. The van der Waals surface area contributed by atoms with Crippen LogP contribution in [0.1, 0.15) is 5.56 Å². The lowest BCUT2D eigenvalue weighted by atomic mass is 10.1. The maximum absolute atomic E-state index is 9.08. The molecule has 2 aromatic carbocycles. The minimum Gasteiger partial charge on any atom is -0.392 e. The number of fused-ring (bicyclic) bond motifs is 1. The zero-order valence-corrected chi connectivity index (χ0v) is 7.75. The number of rotatable bonds is 1. The molecular weight excluding hydrogens is 184 g/mol. The average molecular weight is 193 g/mol. The molecule has 0 saturated carbocycles. The average Bonchev–Trinajstić information content (AvgIpc) is 2.19. The molecule has 2 aromatic rings. The molecule has 0 aliphatic rings. The number of aliphatic hydroxyl groups is 1. The molecule has 66 valence electrons. The van der Waals surface area contributed by atoms with Crippen molar-refractivity contribution in [2.75, 3.05) is 0 Å². The van der Waals surface area contributed by atoms with Crippen molar-refractivity contribution in [3.8, 4) is 0 Å². The molecule has 2 rings (SSSR count). The van der Waals surface area contributed by atoms with E-state index in [9.17, 15) is 0 Å². The summed E-state index contributed by atoms with van der Waals surface area (Å²) in [5, 5.41) is 11.8. The predicted octanol–water partition coefficient (Wildman–Crippen LogP) is 2.99. The van der Waals surface area contributed by atoms with Crippen LogP contribution in [0.4, 0.5) is 0 Å². The van der Waals surface area contributed by atoms with Crippen molar-refractivity contribution < 1.29 is 5.11 Å². The first-order valence-corrected chi connectivity index (χ1v) is 4.47. The van der Waals surface area contributed by atoms with Gasteiger partial charge in [0.2, 0.25) is 0 Å². The van der Waals surface area contributed by atoms with Crippen molar-refractivity contribution in [2.24, 2.45) is 0 Å². The molecule has 0 aliphatic heterocycles. The van der Waals surface area contributed by atoms with Crippen molar-refractivity contribution >= 4 is 22.4 Å². The van der Waals surface area contributed by atoms with Gasteiger partial charge in [0.1, 0.15) is 0 Å².